The van der Waals surface area contributed by atoms with Gasteiger partial charge in [-0.3, -0.25) is 4.79 Å². The van der Waals surface area contributed by atoms with E-state index in [4.69, 9.17) is 5.11 Å². The molecule has 15 heavy (non-hydrogen) atoms. The monoisotopic (exact) mass is 223 g/mol. The highest BCUT2D eigenvalue weighted by Gasteiger charge is 2.01. The summed E-state index contributed by atoms with van der Waals surface area (Å²) >= 11 is 1.58. The molecule has 0 saturated carbocycles. The van der Waals surface area contributed by atoms with Crippen LogP contribution in [0, 0.1) is 0 Å². The molecule has 2 N–H and O–H groups in total. The van der Waals surface area contributed by atoms with Crippen LogP contribution in [0.15, 0.2) is 17.6 Å². The topological polar surface area (TPSA) is 75.1 Å². The van der Waals surface area contributed by atoms with Gasteiger partial charge in [0.1, 0.15) is 0 Å². The van der Waals surface area contributed by atoms with Crippen LogP contribution in [-0.4, -0.2) is 27.6 Å². The van der Waals surface area contributed by atoms with Gasteiger partial charge in [0.2, 0.25) is 5.95 Å². The summed E-state index contributed by atoms with van der Waals surface area (Å²) in [5.41, 5.74) is 0.882. The summed E-state index contributed by atoms with van der Waals surface area (Å²) in [6.07, 6.45) is 1.79. The largest absolute Gasteiger partial charge is 0.481 e. The zero-order chi connectivity index (χ0) is 10.7. The Morgan fingerprint density at radius 2 is 2.47 bits per heavy atom. The van der Waals surface area contributed by atoms with Crippen LogP contribution in [0.2, 0.25) is 0 Å². The lowest BCUT2D eigenvalue weighted by Gasteiger charge is -2.01. The minimum absolute atomic E-state index is 0.0605. The van der Waals surface area contributed by atoms with Gasteiger partial charge >= 0.3 is 5.97 Å². The molecule has 0 aliphatic heterocycles. The fourth-order valence-electron chi connectivity index (χ4n) is 1.13. The van der Waals surface area contributed by atoms with Gasteiger partial charge in [-0.2, -0.15) is 0 Å². The minimum Gasteiger partial charge on any atom is -0.481 e. The number of rotatable bonds is 4. The quantitative estimate of drug-likeness (QED) is 0.823. The van der Waals surface area contributed by atoms with Crippen molar-refractivity contribution < 1.29 is 9.90 Å². The predicted octanol–water partition coefficient (Wildman–Crippen LogP) is 1.58. The Labute approximate surface area is 89.8 Å². The average Bonchev–Trinajstić information content (AvgIpc) is 2.64. The van der Waals surface area contributed by atoms with Crippen LogP contribution in [0.5, 0.6) is 0 Å². The van der Waals surface area contributed by atoms with Crippen LogP contribution >= 0.6 is 11.3 Å². The molecule has 2 aromatic heterocycles. The first kappa shape index (κ1) is 9.85. The van der Waals surface area contributed by atoms with Gasteiger partial charge in [-0.05, 0) is 11.4 Å². The van der Waals surface area contributed by atoms with E-state index < -0.39 is 5.97 Å². The van der Waals surface area contributed by atoms with Gasteiger partial charge in [0.05, 0.1) is 22.8 Å². The Balaban J connectivity index is 2.04. The molecule has 2 heterocycles. The van der Waals surface area contributed by atoms with Gasteiger partial charge in [0.15, 0.2) is 0 Å². The number of aromatic nitrogens is 2. The van der Waals surface area contributed by atoms with Crippen LogP contribution in [0.1, 0.15) is 6.42 Å². The molecule has 0 spiro atoms. The molecule has 0 amide bonds. The molecule has 0 aliphatic carbocycles. The number of carboxylic acids is 1. The Morgan fingerprint density at radius 3 is 3.27 bits per heavy atom. The number of aliphatic carboxylic acids is 1. The Hall–Kier alpha value is -1.69. The fourth-order valence-corrected chi connectivity index (χ4v) is 1.82. The highest BCUT2D eigenvalue weighted by Crippen LogP contribution is 2.18. The maximum absolute atomic E-state index is 10.3. The standard InChI is InChI=1S/C9H9N3O2S/c13-8(14)1-3-10-9-11-5-7-6(12-9)2-4-15-7/h2,4-5H,1,3H2,(H,13,14)(H,10,11,12). The molecule has 0 aliphatic rings. The minimum atomic E-state index is -0.834. The summed E-state index contributed by atoms with van der Waals surface area (Å²) in [6, 6.07) is 1.91. The lowest BCUT2D eigenvalue weighted by Crippen LogP contribution is -2.09. The summed E-state index contributed by atoms with van der Waals surface area (Å²) in [6.45, 7) is 0.338. The summed E-state index contributed by atoms with van der Waals surface area (Å²) in [5, 5.41) is 13.3. The average molecular weight is 223 g/mol. The van der Waals surface area contributed by atoms with Crippen LogP contribution in [0.3, 0.4) is 0 Å². The molecule has 2 aromatic rings. The first-order valence-electron chi connectivity index (χ1n) is 4.41. The number of carbonyl (C=O) groups is 1. The van der Waals surface area contributed by atoms with Crippen LogP contribution in [0.4, 0.5) is 5.95 Å². The maximum Gasteiger partial charge on any atom is 0.305 e. The van der Waals surface area contributed by atoms with Crippen molar-refractivity contribution in [1.29, 1.82) is 0 Å². The number of carboxylic acid groups (broad SMARTS) is 1. The van der Waals surface area contributed by atoms with E-state index in [1.165, 1.54) is 0 Å². The number of hydrogen-bond acceptors (Lipinski definition) is 5. The summed E-state index contributed by atoms with van der Waals surface area (Å²) in [7, 11) is 0. The van der Waals surface area contributed by atoms with E-state index in [1.807, 2.05) is 11.4 Å². The molecule has 0 atom stereocenters. The maximum atomic E-state index is 10.3. The van der Waals surface area contributed by atoms with Crippen molar-refractivity contribution in [1.82, 2.24) is 9.97 Å². The van der Waals surface area contributed by atoms with Gasteiger partial charge in [0.25, 0.3) is 0 Å². The third kappa shape index (κ3) is 2.41. The van der Waals surface area contributed by atoms with E-state index in [9.17, 15) is 4.79 Å². The molecule has 0 unspecified atom stereocenters. The second-order valence-electron chi connectivity index (χ2n) is 2.93. The van der Waals surface area contributed by atoms with Crippen LogP contribution in [0.25, 0.3) is 10.2 Å². The van der Waals surface area contributed by atoms with Gasteiger partial charge in [0, 0.05) is 6.54 Å². The van der Waals surface area contributed by atoms with E-state index in [1.54, 1.807) is 17.5 Å². The first-order valence-corrected chi connectivity index (χ1v) is 5.29. The third-order valence-corrected chi connectivity index (χ3v) is 2.67. The normalized spacial score (nSPS) is 10.4. The molecule has 0 aromatic carbocycles. The van der Waals surface area contributed by atoms with Gasteiger partial charge in [-0.25, -0.2) is 9.97 Å². The Kier molecular flexibility index (Phi) is 2.77. The smallest absolute Gasteiger partial charge is 0.305 e. The Bertz CT molecular complexity index is 483. The lowest BCUT2D eigenvalue weighted by atomic mass is 10.4. The van der Waals surface area contributed by atoms with Crippen molar-refractivity contribution in [2.45, 2.75) is 6.42 Å². The molecular weight excluding hydrogens is 214 g/mol. The van der Waals surface area contributed by atoms with Crippen LogP contribution in [-0.2, 0) is 4.79 Å². The molecule has 2 rings (SSSR count). The van der Waals surface area contributed by atoms with Crippen molar-refractivity contribution >= 4 is 33.5 Å². The van der Waals surface area contributed by atoms with Crippen molar-refractivity contribution in [3.05, 3.63) is 17.6 Å². The fraction of sp³-hybridized carbons (Fsp3) is 0.222. The van der Waals surface area contributed by atoms with E-state index >= 15 is 0 Å². The lowest BCUT2D eigenvalue weighted by molar-refractivity contribution is -0.136. The second kappa shape index (κ2) is 4.22. The Morgan fingerprint density at radius 1 is 1.60 bits per heavy atom. The van der Waals surface area contributed by atoms with Crippen LogP contribution < -0.4 is 5.32 Å². The summed E-state index contributed by atoms with van der Waals surface area (Å²) in [4.78, 5) is 18.6. The molecule has 0 radical (unpaired) electrons. The number of nitrogens with zero attached hydrogens (tertiary/aromatic N) is 2. The van der Waals surface area contributed by atoms with E-state index in [-0.39, 0.29) is 6.42 Å². The molecule has 0 fully saturated rings. The zero-order valence-corrected chi connectivity index (χ0v) is 8.62. The second-order valence-corrected chi connectivity index (χ2v) is 3.88. The highest BCUT2D eigenvalue weighted by atomic mass is 32.1. The van der Waals surface area contributed by atoms with Crippen molar-refractivity contribution in [3.8, 4) is 0 Å². The molecule has 78 valence electrons. The summed E-state index contributed by atoms with van der Waals surface area (Å²) in [5.74, 6) is -0.360. The number of fused-ring (bicyclic) bond motifs is 1. The zero-order valence-electron chi connectivity index (χ0n) is 7.80. The number of anilines is 1. The number of nitrogens with one attached hydrogen (secondary N) is 1. The van der Waals surface area contributed by atoms with Gasteiger partial charge in [-0.1, -0.05) is 0 Å². The molecule has 0 bridgehead atoms. The number of hydrogen-bond donors (Lipinski definition) is 2. The SMILES string of the molecule is O=C(O)CCNc1ncc2sccc2n1. The number of thiophene rings is 1. The van der Waals surface area contributed by atoms with E-state index in [2.05, 4.69) is 15.3 Å². The molecule has 6 heteroatoms. The summed E-state index contributed by atoms with van der Waals surface area (Å²) < 4.78 is 1.03. The highest BCUT2D eigenvalue weighted by molar-refractivity contribution is 7.17. The predicted molar refractivity (Wildman–Crippen MR) is 58.2 cm³/mol. The molecular formula is C9H9N3O2S. The van der Waals surface area contributed by atoms with Crippen molar-refractivity contribution in [2.24, 2.45) is 0 Å². The first-order chi connectivity index (χ1) is 7.25. The molecule has 5 nitrogen and oxygen atoms in total. The van der Waals surface area contributed by atoms with Gasteiger partial charge in [-0.15, -0.1) is 11.3 Å². The van der Waals surface area contributed by atoms with Crippen molar-refractivity contribution in [3.63, 3.8) is 0 Å². The third-order valence-electron chi connectivity index (χ3n) is 1.83. The van der Waals surface area contributed by atoms with E-state index in [0.29, 0.717) is 12.5 Å². The molecule has 0 saturated heterocycles. The van der Waals surface area contributed by atoms with E-state index in [0.717, 1.165) is 10.2 Å². The van der Waals surface area contributed by atoms with Crippen molar-refractivity contribution in [2.75, 3.05) is 11.9 Å². The van der Waals surface area contributed by atoms with Gasteiger partial charge < -0.3 is 10.4 Å².